The van der Waals surface area contributed by atoms with Crippen LogP contribution < -0.4 is 11.1 Å². The number of amides is 1. The Labute approximate surface area is 102 Å². The molecule has 3 N–H and O–H groups in total. The second-order valence-corrected chi connectivity index (χ2v) is 3.35. The first-order chi connectivity index (χ1) is 8.41. The van der Waals surface area contributed by atoms with Crippen molar-refractivity contribution in [2.24, 2.45) is 0 Å². The highest BCUT2D eigenvalue weighted by molar-refractivity contribution is 5.73. The zero-order valence-corrected chi connectivity index (χ0v) is 9.49. The van der Waals surface area contributed by atoms with Crippen molar-refractivity contribution in [3.63, 3.8) is 0 Å². The van der Waals surface area contributed by atoms with Gasteiger partial charge in [0.15, 0.2) is 0 Å². The molecular formula is C11H10FN3O3. The Bertz CT molecular complexity index is 561. The molecule has 0 aliphatic carbocycles. The summed E-state index contributed by atoms with van der Waals surface area (Å²) in [5.74, 6) is 3.93. The Hall–Kier alpha value is -2.62. The van der Waals surface area contributed by atoms with Crippen LogP contribution in [0, 0.1) is 27.8 Å². The first kappa shape index (κ1) is 13.4. The molecule has 0 aliphatic rings. The number of nitro groups is 1. The van der Waals surface area contributed by atoms with E-state index in [1.807, 2.05) is 0 Å². The molecule has 1 amide bonds. The smallest absolute Gasteiger partial charge is 0.296 e. The van der Waals surface area contributed by atoms with Crippen molar-refractivity contribution in [1.29, 1.82) is 0 Å². The summed E-state index contributed by atoms with van der Waals surface area (Å²) in [6, 6.07) is 1.73. The third kappa shape index (κ3) is 3.45. The van der Waals surface area contributed by atoms with Crippen molar-refractivity contribution < 1.29 is 14.1 Å². The van der Waals surface area contributed by atoms with E-state index in [1.54, 1.807) is 0 Å². The van der Waals surface area contributed by atoms with Gasteiger partial charge in [-0.1, -0.05) is 11.8 Å². The number of rotatable bonds is 2. The van der Waals surface area contributed by atoms with Gasteiger partial charge in [-0.3, -0.25) is 14.9 Å². The fourth-order valence-electron chi connectivity index (χ4n) is 1.17. The maximum Gasteiger partial charge on any atom is 0.296 e. The molecule has 0 radical (unpaired) electrons. The van der Waals surface area contributed by atoms with E-state index in [2.05, 4.69) is 17.2 Å². The minimum atomic E-state index is -0.792. The van der Waals surface area contributed by atoms with Crippen molar-refractivity contribution in [2.45, 2.75) is 6.92 Å². The first-order valence-corrected chi connectivity index (χ1v) is 4.88. The molecule has 0 aromatic heterocycles. The van der Waals surface area contributed by atoms with E-state index in [9.17, 15) is 19.3 Å². The van der Waals surface area contributed by atoms with Crippen LogP contribution in [0.25, 0.3) is 0 Å². The lowest BCUT2D eigenvalue weighted by Crippen LogP contribution is -2.19. The number of nitro benzene ring substituents is 1. The third-order valence-electron chi connectivity index (χ3n) is 1.97. The van der Waals surface area contributed by atoms with Crippen LogP contribution in [0.5, 0.6) is 0 Å². The molecule has 0 saturated heterocycles. The van der Waals surface area contributed by atoms with Crippen molar-refractivity contribution in [2.75, 3.05) is 12.3 Å². The quantitative estimate of drug-likeness (QED) is 0.351. The summed E-state index contributed by atoms with van der Waals surface area (Å²) in [6.45, 7) is 1.38. The van der Waals surface area contributed by atoms with Crippen molar-refractivity contribution in [3.05, 3.63) is 33.6 Å². The number of hydrogen-bond acceptors (Lipinski definition) is 4. The minimum Gasteiger partial charge on any atom is -0.392 e. The maximum absolute atomic E-state index is 13.1. The lowest BCUT2D eigenvalue weighted by molar-refractivity contribution is -0.384. The molecule has 0 unspecified atom stereocenters. The highest BCUT2D eigenvalue weighted by Gasteiger charge is 2.16. The molecule has 0 atom stereocenters. The van der Waals surface area contributed by atoms with E-state index in [0.29, 0.717) is 0 Å². The number of carbonyl (C=O) groups excluding carboxylic acids is 1. The monoisotopic (exact) mass is 251 g/mol. The number of nitrogen functional groups attached to an aromatic ring is 1. The Balaban J connectivity index is 3.02. The largest absolute Gasteiger partial charge is 0.392 e. The van der Waals surface area contributed by atoms with Gasteiger partial charge in [0.1, 0.15) is 11.5 Å². The molecule has 1 rings (SSSR count). The summed E-state index contributed by atoms with van der Waals surface area (Å²) in [4.78, 5) is 20.4. The zero-order chi connectivity index (χ0) is 13.7. The summed E-state index contributed by atoms with van der Waals surface area (Å²) in [7, 11) is 0. The molecule has 1 aromatic carbocycles. The topological polar surface area (TPSA) is 98.3 Å². The molecule has 0 spiro atoms. The molecule has 0 heterocycles. The molecule has 0 aliphatic heterocycles. The van der Waals surface area contributed by atoms with Crippen LogP contribution in [-0.4, -0.2) is 17.4 Å². The molecule has 94 valence electrons. The molecule has 0 bridgehead atoms. The standard InChI is InChI=1S/C11H10FN3O3/c1-7(16)14-4-2-3-8-5-9(12)6-10(11(8)13)15(17)18/h5-6H,4,13H2,1H3,(H,14,16). The normalized spacial score (nSPS) is 9.22. The predicted molar refractivity (Wildman–Crippen MR) is 63.0 cm³/mol. The van der Waals surface area contributed by atoms with Gasteiger partial charge >= 0.3 is 0 Å². The van der Waals surface area contributed by atoms with Gasteiger partial charge in [0, 0.05) is 6.92 Å². The fraction of sp³-hybridized carbons (Fsp3) is 0.182. The van der Waals surface area contributed by atoms with E-state index in [4.69, 9.17) is 5.73 Å². The van der Waals surface area contributed by atoms with Gasteiger partial charge in [-0.25, -0.2) is 4.39 Å². The van der Waals surface area contributed by atoms with Crippen molar-refractivity contribution in [3.8, 4) is 11.8 Å². The molecule has 0 fully saturated rings. The Kier molecular flexibility index (Phi) is 4.21. The SMILES string of the molecule is CC(=O)NCC#Cc1cc(F)cc([N+](=O)[O-])c1N. The van der Waals surface area contributed by atoms with Gasteiger partial charge in [0.05, 0.1) is 23.1 Å². The number of nitrogens with one attached hydrogen (secondary N) is 1. The number of carbonyl (C=O) groups is 1. The summed E-state index contributed by atoms with van der Waals surface area (Å²) < 4.78 is 13.1. The molecule has 6 nitrogen and oxygen atoms in total. The molecule has 0 saturated carbocycles. The Morgan fingerprint density at radius 2 is 2.28 bits per heavy atom. The van der Waals surface area contributed by atoms with Crippen LogP contribution in [0.1, 0.15) is 12.5 Å². The summed E-state index contributed by atoms with van der Waals surface area (Å²) in [5, 5.41) is 13.0. The molecule has 7 heteroatoms. The number of benzene rings is 1. The molecular weight excluding hydrogens is 241 g/mol. The second kappa shape index (κ2) is 5.63. The number of hydrogen-bond donors (Lipinski definition) is 2. The van der Waals surface area contributed by atoms with Gasteiger partial charge in [-0.2, -0.15) is 0 Å². The van der Waals surface area contributed by atoms with Gasteiger partial charge in [-0.15, -0.1) is 0 Å². The Morgan fingerprint density at radius 1 is 1.61 bits per heavy atom. The van der Waals surface area contributed by atoms with Crippen molar-refractivity contribution >= 4 is 17.3 Å². The van der Waals surface area contributed by atoms with Crippen molar-refractivity contribution in [1.82, 2.24) is 5.32 Å². The van der Waals surface area contributed by atoms with Gasteiger partial charge in [-0.05, 0) is 6.07 Å². The second-order valence-electron chi connectivity index (χ2n) is 3.35. The van der Waals surface area contributed by atoms with Crippen LogP contribution in [-0.2, 0) is 4.79 Å². The number of nitrogens with two attached hydrogens (primary N) is 1. The zero-order valence-electron chi connectivity index (χ0n) is 9.49. The molecule has 1 aromatic rings. The first-order valence-electron chi connectivity index (χ1n) is 4.88. The lowest BCUT2D eigenvalue weighted by atomic mass is 10.1. The van der Waals surface area contributed by atoms with E-state index in [-0.39, 0.29) is 23.7 Å². The van der Waals surface area contributed by atoms with E-state index >= 15 is 0 Å². The van der Waals surface area contributed by atoms with Gasteiger partial charge in [0.2, 0.25) is 5.91 Å². The van der Waals surface area contributed by atoms with E-state index in [0.717, 1.165) is 12.1 Å². The third-order valence-corrected chi connectivity index (χ3v) is 1.97. The van der Waals surface area contributed by atoms with Gasteiger partial charge < -0.3 is 11.1 Å². The number of nitrogens with zero attached hydrogens (tertiary/aromatic N) is 1. The average molecular weight is 251 g/mol. The van der Waals surface area contributed by atoms with Crippen LogP contribution in [0.4, 0.5) is 15.8 Å². The average Bonchev–Trinajstić information content (AvgIpc) is 2.27. The minimum absolute atomic E-state index is 0.0204. The van der Waals surface area contributed by atoms with Gasteiger partial charge in [0.25, 0.3) is 5.69 Å². The number of halogens is 1. The van der Waals surface area contributed by atoms with E-state index in [1.165, 1.54) is 6.92 Å². The summed E-state index contributed by atoms with van der Waals surface area (Å²) in [5.41, 5.74) is 4.79. The van der Waals surface area contributed by atoms with E-state index < -0.39 is 16.4 Å². The van der Waals surface area contributed by atoms with Crippen LogP contribution >= 0.6 is 0 Å². The predicted octanol–water partition coefficient (Wildman–Crippen LogP) is 0.804. The fourth-order valence-corrected chi connectivity index (χ4v) is 1.17. The highest BCUT2D eigenvalue weighted by Crippen LogP contribution is 2.25. The lowest BCUT2D eigenvalue weighted by Gasteiger charge is -2.00. The maximum atomic E-state index is 13.1. The Morgan fingerprint density at radius 3 is 2.83 bits per heavy atom. The van der Waals surface area contributed by atoms with Crippen LogP contribution in [0.2, 0.25) is 0 Å². The van der Waals surface area contributed by atoms with Crippen LogP contribution in [0.15, 0.2) is 12.1 Å². The molecule has 18 heavy (non-hydrogen) atoms. The number of anilines is 1. The summed E-state index contributed by atoms with van der Waals surface area (Å²) in [6.07, 6.45) is 0. The summed E-state index contributed by atoms with van der Waals surface area (Å²) >= 11 is 0. The highest BCUT2D eigenvalue weighted by atomic mass is 19.1. The van der Waals surface area contributed by atoms with Crippen LogP contribution in [0.3, 0.4) is 0 Å².